The molecule has 0 spiro atoms. The number of ether oxygens (including phenoxy) is 1. The quantitative estimate of drug-likeness (QED) is 0.625. The summed E-state index contributed by atoms with van der Waals surface area (Å²) in [6, 6.07) is 11.5. The van der Waals surface area contributed by atoms with E-state index >= 15 is 0 Å². The van der Waals surface area contributed by atoms with Crippen molar-refractivity contribution in [2.24, 2.45) is 0 Å². The van der Waals surface area contributed by atoms with Gasteiger partial charge in [-0.15, -0.1) is 13.2 Å². The molecule has 2 aromatic carbocycles. The second kappa shape index (κ2) is 7.31. The van der Waals surface area contributed by atoms with Gasteiger partial charge in [-0.05, 0) is 42.8 Å². The molecule has 3 aromatic rings. The number of para-hydroxylation sites is 1. The van der Waals surface area contributed by atoms with Crippen molar-refractivity contribution in [1.29, 1.82) is 0 Å². The fourth-order valence-electron chi connectivity index (χ4n) is 3.49. The van der Waals surface area contributed by atoms with Gasteiger partial charge < -0.3 is 19.9 Å². The van der Waals surface area contributed by atoms with Crippen molar-refractivity contribution in [2.75, 3.05) is 18.4 Å². The number of anilines is 1. The number of amides is 1. The predicted octanol–water partition coefficient (Wildman–Crippen LogP) is 4.53. The summed E-state index contributed by atoms with van der Waals surface area (Å²) in [5, 5.41) is 4.10. The largest absolute Gasteiger partial charge is 0.573 e. The van der Waals surface area contributed by atoms with Gasteiger partial charge in [0.25, 0.3) is 5.91 Å². The molecule has 0 saturated carbocycles. The van der Waals surface area contributed by atoms with Crippen molar-refractivity contribution < 1.29 is 27.1 Å². The van der Waals surface area contributed by atoms with Crippen LogP contribution in [-0.2, 0) is 0 Å². The Labute approximate surface area is 163 Å². The van der Waals surface area contributed by atoms with Crippen molar-refractivity contribution in [3.8, 4) is 5.75 Å². The first-order valence-electron chi connectivity index (χ1n) is 8.97. The number of hydrogen-bond acceptors (Lipinski definition) is 3. The molecule has 5 nitrogen and oxygen atoms in total. The number of alkyl halides is 3. The van der Waals surface area contributed by atoms with E-state index in [0.29, 0.717) is 30.8 Å². The molecule has 1 aliphatic heterocycles. The zero-order valence-electron chi connectivity index (χ0n) is 15.1. The molecular formula is C20H17F4N3O2. The molecule has 1 saturated heterocycles. The van der Waals surface area contributed by atoms with Gasteiger partial charge in [0.05, 0.1) is 5.56 Å². The van der Waals surface area contributed by atoms with Crippen molar-refractivity contribution in [1.82, 2.24) is 9.88 Å². The van der Waals surface area contributed by atoms with E-state index in [0.717, 1.165) is 11.5 Å². The summed E-state index contributed by atoms with van der Waals surface area (Å²) in [5.41, 5.74) is 0.517. The topological polar surface area (TPSA) is 57.4 Å². The number of nitrogens with zero attached hydrogens (tertiary/aromatic N) is 1. The van der Waals surface area contributed by atoms with Crippen LogP contribution in [0.1, 0.15) is 16.8 Å². The van der Waals surface area contributed by atoms with Crippen molar-refractivity contribution in [3.63, 3.8) is 0 Å². The van der Waals surface area contributed by atoms with E-state index in [1.165, 1.54) is 35.2 Å². The number of rotatable bonds is 4. The van der Waals surface area contributed by atoms with Crippen LogP contribution in [0, 0.1) is 5.82 Å². The van der Waals surface area contributed by atoms with E-state index in [-0.39, 0.29) is 17.4 Å². The molecule has 0 bridgehead atoms. The Morgan fingerprint density at radius 1 is 1.17 bits per heavy atom. The standard InChI is InChI=1S/C20H17F4N3O2/c21-13-6-5-12-9-18(26-16(12)10-13)25-14-7-8-27(11-14)19(28)15-3-1-2-4-17(15)29-20(22,23)24/h1-6,9-10,14,25-26H,7-8,11H2/t14-/m1/s1. The number of halogens is 4. The van der Waals surface area contributed by atoms with E-state index in [2.05, 4.69) is 15.0 Å². The Balaban J connectivity index is 1.45. The van der Waals surface area contributed by atoms with Gasteiger partial charge in [-0.2, -0.15) is 0 Å². The maximum Gasteiger partial charge on any atom is 0.573 e. The highest BCUT2D eigenvalue weighted by Gasteiger charge is 2.34. The molecule has 4 rings (SSSR count). The van der Waals surface area contributed by atoms with Gasteiger partial charge >= 0.3 is 6.36 Å². The number of aromatic amines is 1. The second-order valence-electron chi connectivity index (χ2n) is 6.84. The number of nitrogens with one attached hydrogen (secondary N) is 2. The third-order valence-electron chi connectivity index (χ3n) is 4.76. The molecule has 0 aliphatic carbocycles. The Morgan fingerprint density at radius 3 is 2.76 bits per heavy atom. The molecule has 1 fully saturated rings. The zero-order valence-corrected chi connectivity index (χ0v) is 15.1. The number of carbonyl (C=O) groups is 1. The number of fused-ring (bicyclic) bond motifs is 1. The Hall–Kier alpha value is -3.23. The first-order chi connectivity index (χ1) is 13.8. The highest BCUT2D eigenvalue weighted by molar-refractivity contribution is 5.97. The van der Waals surface area contributed by atoms with Crippen LogP contribution in [0.3, 0.4) is 0 Å². The average Bonchev–Trinajstić information content (AvgIpc) is 3.26. The Bertz CT molecular complexity index is 1050. The van der Waals surface area contributed by atoms with E-state index < -0.39 is 18.0 Å². The van der Waals surface area contributed by atoms with Crippen molar-refractivity contribution >= 4 is 22.6 Å². The molecule has 2 heterocycles. The van der Waals surface area contributed by atoms with Crippen LogP contribution in [0.2, 0.25) is 0 Å². The molecule has 1 aromatic heterocycles. The number of benzene rings is 2. The predicted molar refractivity (Wildman–Crippen MR) is 99.3 cm³/mol. The summed E-state index contributed by atoms with van der Waals surface area (Å²) in [7, 11) is 0. The summed E-state index contributed by atoms with van der Waals surface area (Å²) in [4.78, 5) is 17.3. The van der Waals surface area contributed by atoms with E-state index in [4.69, 9.17) is 0 Å². The molecule has 2 N–H and O–H groups in total. The third-order valence-corrected chi connectivity index (χ3v) is 4.76. The lowest BCUT2D eigenvalue weighted by atomic mass is 10.2. The molecular weight excluding hydrogens is 390 g/mol. The Morgan fingerprint density at radius 2 is 1.97 bits per heavy atom. The highest BCUT2D eigenvalue weighted by Crippen LogP contribution is 2.28. The fraction of sp³-hybridized carbons (Fsp3) is 0.250. The SMILES string of the molecule is O=C(c1ccccc1OC(F)(F)F)N1CC[C@@H](Nc2cc3ccc(F)cc3[nH]2)C1. The summed E-state index contributed by atoms with van der Waals surface area (Å²) in [6.45, 7) is 0.717. The van der Waals surface area contributed by atoms with Crippen LogP contribution in [0.4, 0.5) is 23.4 Å². The third kappa shape index (κ3) is 4.28. The molecule has 29 heavy (non-hydrogen) atoms. The van der Waals surface area contributed by atoms with Crippen LogP contribution < -0.4 is 10.1 Å². The molecule has 9 heteroatoms. The van der Waals surface area contributed by atoms with Gasteiger partial charge in [-0.1, -0.05) is 12.1 Å². The smallest absolute Gasteiger partial charge is 0.405 e. The van der Waals surface area contributed by atoms with Crippen LogP contribution >= 0.6 is 0 Å². The normalized spacial score (nSPS) is 17.0. The maximum atomic E-state index is 13.3. The minimum atomic E-state index is -4.87. The number of hydrogen-bond donors (Lipinski definition) is 2. The summed E-state index contributed by atoms with van der Waals surface area (Å²) >= 11 is 0. The monoisotopic (exact) mass is 407 g/mol. The van der Waals surface area contributed by atoms with E-state index in [1.807, 2.05) is 6.07 Å². The van der Waals surface area contributed by atoms with Crippen molar-refractivity contribution in [3.05, 3.63) is 59.9 Å². The summed E-state index contributed by atoms with van der Waals surface area (Å²) < 4.78 is 55.1. The molecule has 152 valence electrons. The minimum Gasteiger partial charge on any atom is -0.405 e. The molecule has 0 unspecified atom stereocenters. The second-order valence-corrected chi connectivity index (χ2v) is 6.84. The molecule has 1 aliphatic rings. The fourth-order valence-corrected chi connectivity index (χ4v) is 3.49. The first-order valence-corrected chi connectivity index (χ1v) is 8.97. The number of likely N-dealkylation sites (tertiary alicyclic amines) is 1. The van der Waals surface area contributed by atoms with Crippen LogP contribution in [0.5, 0.6) is 5.75 Å². The Kier molecular flexibility index (Phi) is 4.81. The molecule has 0 radical (unpaired) electrons. The summed E-state index contributed by atoms with van der Waals surface area (Å²) in [6.07, 6.45) is -4.25. The maximum absolute atomic E-state index is 13.3. The van der Waals surface area contributed by atoms with E-state index in [9.17, 15) is 22.4 Å². The van der Waals surface area contributed by atoms with Crippen LogP contribution in [0.25, 0.3) is 10.9 Å². The van der Waals surface area contributed by atoms with Gasteiger partial charge in [0.1, 0.15) is 17.4 Å². The molecule has 1 atom stereocenters. The van der Waals surface area contributed by atoms with Gasteiger partial charge in [-0.25, -0.2) is 4.39 Å². The van der Waals surface area contributed by atoms with E-state index in [1.54, 1.807) is 6.07 Å². The summed E-state index contributed by atoms with van der Waals surface area (Å²) in [5.74, 6) is -0.694. The van der Waals surface area contributed by atoms with Gasteiger partial charge in [0.2, 0.25) is 0 Å². The lowest BCUT2D eigenvalue weighted by Crippen LogP contribution is -2.32. The number of carbonyl (C=O) groups excluding carboxylic acids is 1. The van der Waals surface area contributed by atoms with Crippen LogP contribution in [0.15, 0.2) is 48.5 Å². The zero-order chi connectivity index (χ0) is 20.6. The van der Waals surface area contributed by atoms with Gasteiger partial charge in [0, 0.05) is 30.0 Å². The minimum absolute atomic E-state index is 0.0902. The highest BCUT2D eigenvalue weighted by atomic mass is 19.4. The lowest BCUT2D eigenvalue weighted by Gasteiger charge is -2.19. The number of H-pyrrole nitrogens is 1. The van der Waals surface area contributed by atoms with Crippen molar-refractivity contribution in [2.45, 2.75) is 18.8 Å². The van der Waals surface area contributed by atoms with Gasteiger partial charge in [0.15, 0.2) is 0 Å². The van der Waals surface area contributed by atoms with Gasteiger partial charge in [-0.3, -0.25) is 4.79 Å². The molecule has 1 amide bonds. The average molecular weight is 407 g/mol. The first kappa shape index (κ1) is 19.1. The number of aromatic nitrogens is 1. The van der Waals surface area contributed by atoms with Crippen LogP contribution in [-0.4, -0.2) is 41.3 Å². The lowest BCUT2D eigenvalue weighted by molar-refractivity contribution is -0.274.